The standard InChI is InChI=1S/C15H19ClN4O/c1-19(2)14(21)20-8-6-15(11-17,7-9-20)18-13-5-3-4-12(16)10-13/h3-5,10,18H,6-9H2,1-2H3. The molecule has 21 heavy (non-hydrogen) atoms. The molecule has 1 aliphatic rings. The van der Waals surface area contributed by atoms with Crippen LogP contribution in [0.15, 0.2) is 24.3 Å². The summed E-state index contributed by atoms with van der Waals surface area (Å²) < 4.78 is 0. The third-order valence-corrected chi connectivity index (χ3v) is 3.93. The summed E-state index contributed by atoms with van der Waals surface area (Å²) in [6, 6.07) is 9.70. The average Bonchev–Trinajstić information content (AvgIpc) is 2.47. The maximum Gasteiger partial charge on any atom is 0.319 e. The molecule has 5 nitrogen and oxygen atoms in total. The van der Waals surface area contributed by atoms with E-state index < -0.39 is 5.54 Å². The zero-order valence-corrected chi connectivity index (χ0v) is 13.0. The first-order valence-electron chi connectivity index (χ1n) is 6.87. The van der Waals surface area contributed by atoms with Crippen LogP contribution in [0.2, 0.25) is 5.02 Å². The highest BCUT2D eigenvalue weighted by molar-refractivity contribution is 6.30. The van der Waals surface area contributed by atoms with Crippen molar-refractivity contribution in [2.45, 2.75) is 18.4 Å². The van der Waals surface area contributed by atoms with Crippen LogP contribution < -0.4 is 5.32 Å². The Kier molecular flexibility index (Phi) is 4.59. The highest BCUT2D eigenvalue weighted by Gasteiger charge is 2.36. The molecule has 112 valence electrons. The smallest absolute Gasteiger partial charge is 0.319 e. The van der Waals surface area contributed by atoms with E-state index in [9.17, 15) is 10.1 Å². The van der Waals surface area contributed by atoms with Crippen molar-refractivity contribution in [3.63, 3.8) is 0 Å². The highest BCUT2D eigenvalue weighted by atomic mass is 35.5. The van der Waals surface area contributed by atoms with Gasteiger partial charge in [-0.1, -0.05) is 17.7 Å². The van der Waals surface area contributed by atoms with E-state index >= 15 is 0 Å². The minimum Gasteiger partial charge on any atom is -0.367 e. The number of anilines is 1. The Morgan fingerprint density at radius 2 is 2.10 bits per heavy atom. The Balaban J connectivity index is 2.05. The molecule has 2 amide bonds. The summed E-state index contributed by atoms with van der Waals surface area (Å²) in [5, 5.41) is 13.5. The van der Waals surface area contributed by atoms with Crippen molar-refractivity contribution in [3.05, 3.63) is 29.3 Å². The number of halogens is 1. The first-order chi connectivity index (χ1) is 9.96. The Morgan fingerprint density at radius 1 is 1.43 bits per heavy atom. The molecular formula is C15H19ClN4O. The van der Waals surface area contributed by atoms with Crippen LogP contribution in [0.3, 0.4) is 0 Å². The number of piperidine rings is 1. The zero-order valence-electron chi connectivity index (χ0n) is 12.3. The van der Waals surface area contributed by atoms with Gasteiger partial charge in [0.15, 0.2) is 0 Å². The maximum atomic E-state index is 11.9. The average molecular weight is 307 g/mol. The topological polar surface area (TPSA) is 59.4 Å². The number of urea groups is 1. The van der Waals surface area contributed by atoms with E-state index in [2.05, 4.69) is 11.4 Å². The van der Waals surface area contributed by atoms with Crippen LogP contribution in [0.5, 0.6) is 0 Å². The second-order valence-corrected chi connectivity index (χ2v) is 5.93. The zero-order chi connectivity index (χ0) is 15.5. The van der Waals surface area contributed by atoms with Gasteiger partial charge in [0.2, 0.25) is 0 Å². The molecule has 2 rings (SSSR count). The maximum absolute atomic E-state index is 11.9. The van der Waals surface area contributed by atoms with Crippen molar-refractivity contribution in [2.75, 3.05) is 32.5 Å². The van der Waals surface area contributed by atoms with Gasteiger partial charge in [0, 0.05) is 50.7 Å². The lowest BCUT2D eigenvalue weighted by Crippen LogP contribution is -2.52. The van der Waals surface area contributed by atoms with Crippen molar-refractivity contribution >= 4 is 23.3 Å². The summed E-state index contributed by atoms with van der Waals surface area (Å²) in [5.74, 6) is 0. The van der Waals surface area contributed by atoms with Crippen LogP contribution in [0.4, 0.5) is 10.5 Å². The van der Waals surface area contributed by atoms with Gasteiger partial charge in [-0.05, 0) is 18.2 Å². The summed E-state index contributed by atoms with van der Waals surface area (Å²) in [4.78, 5) is 15.3. The lowest BCUT2D eigenvalue weighted by Gasteiger charge is -2.39. The molecule has 0 bridgehead atoms. The molecule has 1 saturated heterocycles. The second kappa shape index (κ2) is 6.23. The number of nitrogens with one attached hydrogen (secondary N) is 1. The van der Waals surface area contributed by atoms with E-state index in [4.69, 9.17) is 11.6 Å². The summed E-state index contributed by atoms with van der Waals surface area (Å²) in [6.45, 7) is 1.14. The van der Waals surface area contributed by atoms with E-state index in [-0.39, 0.29) is 6.03 Å². The lowest BCUT2D eigenvalue weighted by atomic mass is 9.88. The van der Waals surface area contributed by atoms with Crippen LogP contribution in [-0.2, 0) is 0 Å². The Bertz CT molecular complexity index is 559. The van der Waals surface area contributed by atoms with Gasteiger partial charge in [-0.2, -0.15) is 5.26 Å². The molecule has 0 unspecified atom stereocenters. The number of likely N-dealkylation sites (tertiary alicyclic amines) is 1. The first-order valence-corrected chi connectivity index (χ1v) is 7.25. The Morgan fingerprint density at radius 3 is 2.62 bits per heavy atom. The molecule has 0 atom stereocenters. The van der Waals surface area contributed by atoms with Crippen molar-refractivity contribution in [2.24, 2.45) is 0 Å². The fourth-order valence-electron chi connectivity index (χ4n) is 2.47. The molecule has 1 aliphatic heterocycles. The number of nitrogens with zero attached hydrogens (tertiary/aromatic N) is 3. The fourth-order valence-corrected chi connectivity index (χ4v) is 2.66. The summed E-state index contributed by atoms with van der Waals surface area (Å²) in [6.07, 6.45) is 1.19. The monoisotopic (exact) mass is 306 g/mol. The van der Waals surface area contributed by atoms with Crippen molar-refractivity contribution < 1.29 is 4.79 Å². The van der Waals surface area contributed by atoms with E-state index in [0.717, 1.165) is 5.69 Å². The Hall–Kier alpha value is -1.93. The molecule has 0 saturated carbocycles. The van der Waals surface area contributed by atoms with Gasteiger partial charge < -0.3 is 15.1 Å². The molecule has 1 aromatic rings. The fraction of sp³-hybridized carbons (Fsp3) is 0.467. The van der Waals surface area contributed by atoms with Crippen molar-refractivity contribution in [3.8, 4) is 6.07 Å². The van der Waals surface area contributed by atoms with E-state index in [1.165, 1.54) is 0 Å². The number of carbonyl (C=O) groups excluding carboxylic acids is 1. The number of rotatable bonds is 2. The van der Waals surface area contributed by atoms with E-state index in [0.29, 0.717) is 31.0 Å². The normalized spacial score (nSPS) is 17.0. The largest absolute Gasteiger partial charge is 0.367 e. The number of amides is 2. The molecular weight excluding hydrogens is 288 g/mol. The Labute approximate surface area is 130 Å². The minimum atomic E-state index is -0.645. The minimum absolute atomic E-state index is 0.00991. The molecule has 6 heteroatoms. The number of hydrogen-bond acceptors (Lipinski definition) is 3. The number of hydrogen-bond donors (Lipinski definition) is 1. The van der Waals surface area contributed by atoms with Crippen LogP contribution >= 0.6 is 11.6 Å². The molecule has 1 N–H and O–H groups in total. The number of nitriles is 1. The van der Waals surface area contributed by atoms with Gasteiger partial charge in [-0.25, -0.2) is 4.79 Å². The molecule has 0 spiro atoms. The molecule has 1 fully saturated rings. The third-order valence-electron chi connectivity index (χ3n) is 3.69. The van der Waals surface area contributed by atoms with Crippen molar-refractivity contribution in [1.82, 2.24) is 9.80 Å². The quantitative estimate of drug-likeness (QED) is 0.914. The first kappa shape index (κ1) is 15.5. The molecule has 0 radical (unpaired) electrons. The van der Waals surface area contributed by atoms with Crippen LogP contribution in [-0.4, -0.2) is 48.6 Å². The number of carbonyl (C=O) groups is 1. The molecule has 1 heterocycles. The van der Waals surface area contributed by atoms with Crippen LogP contribution in [0.1, 0.15) is 12.8 Å². The lowest BCUT2D eigenvalue weighted by molar-refractivity contribution is 0.152. The van der Waals surface area contributed by atoms with Crippen LogP contribution in [0.25, 0.3) is 0 Å². The molecule has 0 aliphatic carbocycles. The van der Waals surface area contributed by atoms with Gasteiger partial charge >= 0.3 is 6.03 Å². The van der Waals surface area contributed by atoms with Gasteiger partial charge in [0.05, 0.1) is 6.07 Å². The molecule has 1 aromatic carbocycles. The van der Waals surface area contributed by atoms with Crippen molar-refractivity contribution in [1.29, 1.82) is 5.26 Å². The van der Waals surface area contributed by atoms with Gasteiger partial charge in [0.25, 0.3) is 0 Å². The van der Waals surface area contributed by atoms with Gasteiger partial charge in [-0.3, -0.25) is 0 Å². The second-order valence-electron chi connectivity index (χ2n) is 5.49. The SMILES string of the molecule is CN(C)C(=O)N1CCC(C#N)(Nc2cccc(Cl)c2)CC1. The summed E-state index contributed by atoms with van der Waals surface area (Å²) >= 11 is 5.97. The summed E-state index contributed by atoms with van der Waals surface area (Å²) in [5.41, 5.74) is 0.185. The molecule has 0 aromatic heterocycles. The predicted molar refractivity (Wildman–Crippen MR) is 83.3 cm³/mol. The van der Waals surface area contributed by atoms with E-state index in [1.807, 2.05) is 12.1 Å². The highest BCUT2D eigenvalue weighted by Crippen LogP contribution is 2.28. The number of benzene rings is 1. The van der Waals surface area contributed by atoms with Gasteiger partial charge in [0.1, 0.15) is 5.54 Å². The summed E-state index contributed by atoms with van der Waals surface area (Å²) in [7, 11) is 3.47. The third kappa shape index (κ3) is 3.59. The van der Waals surface area contributed by atoms with Crippen LogP contribution in [0, 0.1) is 11.3 Å². The predicted octanol–water partition coefficient (Wildman–Crippen LogP) is 2.79. The van der Waals surface area contributed by atoms with E-state index in [1.54, 1.807) is 36.0 Å². The van der Waals surface area contributed by atoms with Gasteiger partial charge in [-0.15, -0.1) is 0 Å².